The summed E-state index contributed by atoms with van der Waals surface area (Å²) < 4.78 is 0. The van der Waals surface area contributed by atoms with E-state index in [9.17, 15) is 4.79 Å². The summed E-state index contributed by atoms with van der Waals surface area (Å²) in [5, 5.41) is 6.51. The topological polar surface area (TPSA) is 60.0 Å². The maximum Gasteiger partial charge on any atom is 0.220 e. The van der Waals surface area contributed by atoms with Crippen LogP contribution in [0.25, 0.3) is 0 Å². The van der Waals surface area contributed by atoms with E-state index in [-0.39, 0.29) is 11.3 Å². The van der Waals surface area contributed by atoms with Crippen molar-refractivity contribution in [3.05, 3.63) is 0 Å². The van der Waals surface area contributed by atoms with Crippen molar-refractivity contribution < 1.29 is 4.79 Å². The maximum absolute atomic E-state index is 11.7. The van der Waals surface area contributed by atoms with Crippen molar-refractivity contribution in [3.63, 3.8) is 0 Å². The normalized spacial score (nSPS) is 28.0. The molecule has 2 N–H and O–H groups in total. The third kappa shape index (κ3) is 4.90. The predicted octanol–water partition coefficient (Wildman–Crippen LogP) is 1.82. The Morgan fingerprint density at radius 3 is 2.85 bits per heavy atom. The molecule has 3 fully saturated rings. The average molecular weight is 364 g/mol. The highest BCUT2D eigenvalue weighted by Crippen LogP contribution is 2.36. The van der Waals surface area contributed by atoms with Crippen molar-refractivity contribution in [1.29, 1.82) is 0 Å². The number of likely N-dealkylation sites (tertiary alicyclic amines) is 1. The molecule has 148 valence electrons. The molecule has 1 aliphatic carbocycles. The van der Waals surface area contributed by atoms with Crippen LogP contribution in [0.3, 0.4) is 0 Å². The Balaban J connectivity index is 1.55. The number of piperidine rings is 1. The molecule has 6 nitrogen and oxygen atoms in total. The molecular formula is C20H37N5O. The number of carbonyl (C=O) groups is 1. The molecule has 1 unspecified atom stereocenters. The SMILES string of the molecule is CCNC(=NCCN(C)C1CCCCC1)N1CCCC2(CNC(=O)C2)C1. The van der Waals surface area contributed by atoms with Gasteiger partial charge >= 0.3 is 0 Å². The van der Waals surface area contributed by atoms with Gasteiger partial charge in [-0.15, -0.1) is 0 Å². The molecule has 0 aromatic heterocycles. The molecule has 0 aromatic rings. The van der Waals surface area contributed by atoms with E-state index in [0.29, 0.717) is 6.42 Å². The molecule has 6 heteroatoms. The van der Waals surface area contributed by atoms with Crippen molar-refractivity contribution in [2.75, 3.05) is 46.3 Å². The summed E-state index contributed by atoms with van der Waals surface area (Å²) in [6.45, 7) is 7.69. The highest BCUT2D eigenvalue weighted by Gasteiger charge is 2.42. The standard InChI is InChI=1S/C20H37N5O/c1-3-21-19(22-11-13-24(2)17-8-5-4-6-9-17)25-12-7-10-20(16-25)14-18(26)23-15-20/h17H,3-16H2,1-2H3,(H,21,22)(H,23,26). The lowest BCUT2D eigenvalue weighted by atomic mass is 9.79. The monoisotopic (exact) mass is 363 g/mol. The van der Waals surface area contributed by atoms with Gasteiger partial charge in [-0.3, -0.25) is 9.79 Å². The number of carbonyl (C=O) groups excluding carboxylic acids is 1. The van der Waals surface area contributed by atoms with E-state index in [1.54, 1.807) is 0 Å². The first kappa shape index (κ1) is 19.5. The lowest BCUT2D eigenvalue weighted by Gasteiger charge is -2.41. The fourth-order valence-electron chi connectivity index (χ4n) is 4.87. The summed E-state index contributed by atoms with van der Waals surface area (Å²) in [5.74, 6) is 1.24. The fourth-order valence-corrected chi connectivity index (χ4v) is 4.87. The number of likely N-dealkylation sites (N-methyl/N-ethyl adjacent to an activating group) is 1. The lowest BCUT2D eigenvalue weighted by Crippen LogP contribution is -2.51. The van der Waals surface area contributed by atoms with Gasteiger partial charge in [0, 0.05) is 50.6 Å². The van der Waals surface area contributed by atoms with Crippen LogP contribution in [0.15, 0.2) is 4.99 Å². The van der Waals surface area contributed by atoms with Crippen LogP contribution in [0.4, 0.5) is 0 Å². The molecule has 1 atom stereocenters. The Bertz CT molecular complexity index is 502. The molecular weight excluding hydrogens is 326 g/mol. The average Bonchev–Trinajstić information content (AvgIpc) is 3.01. The molecule has 1 amide bonds. The number of hydrogen-bond acceptors (Lipinski definition) is 3. The van der Waals surface area contributed by atoms with E-state index in [0.717, 1.165) is 64.1 Å². The molecule has 3 aliphatic rings. The van der Waals surface area contributed by atoms with Gasteiger partial charge in [-0.05, 0) is 39.7 Å². The highest BCUT2D eigenvalue weighted by molar-refractivity contribution is 5.81. The van der Waals surface area contributed by atoms with E-state index >= 15 is 0 Å². The Labute approximate surface area is 158 Å². The molecule has 3 rings (SSSR count). The van der Waals surface area contributed by atoms with Gasteiger partial charge in [0.1, 0.15) is 0 Å². The second-order valence-electron chi connectivity index (χ2n) is 8.49. The first-order chi connectivity index (χ1) is 12.6. The second-order valence-corrected chi connectivity index (χ2v) is 8.49. The van der Waals surface area contributed by atoms with E-state index in [1.165, 1.54) is 32.1 Å². The minimum absolute atomic E-state index is 0.115. The molecule has 2 aliphatic heterocycles. The quantitative estimate of drug-likeness (QED) is 0.578. The Kier molecular flexibility index (Phi) is 6.79. The van der Waals surface area contributed by atoms with Crippen LogP contribution in [0.5, 0.6) is 0 Å². The number of nitrogens with one attached hydrogen (secondary N) is 2. The highest BCUT2D eigenvalue weighted by atomic mass is 16.1. The summed E-state index contributed by atoms with van der Waals surface area (Å²) in [6, 6.07) is 0.746. The number of amides is 1. The van der Waals surface area contributed by atoms with Crippen LogP contribution >= 0.6 is 0 Å². The minimum Gasteiger partial charge on any atom is -0.357 e. The smallest absolute Gasteiger partial charge is 0.220 e. The lowest BCUT2D eigenvalue weighted by molar-refractivity contribution is -0.119. The van der Waals surface area contributed by atoms with Crippen LogP contribution in [0.2, 0.25) is 0 Å². The van der Waals surface area contributed by atoms with Gasteiger partial charge < -0.3 is 20.4 Å². The molecule has 0 radical (unpaired) electrons. The molecule has 1 saturated carbocycles. The predicted molar refractivity (Wildman–Crippen MR) is 106 cm³/mol. The number of aliphatic imine (C=N–C) groups is 1. The number of guanidine groups is 1. The van der Waals surface area contributed by atoms with E-state index in [1.807, 2.05) is 0 Å². The van der Waals surface area contributed by atoms with Crippen LogP contribution in [-0.2, 0) is 4.79 Å². The van der Waals surface area contributed by atoms with Crippen LogP contribution in [0.1, 0.15) is 58.3 Å². The largest absolute Gasteiger partial charge is 0.357 e. The van der Waals surface area contributed by atoms with Crippen molar-refractivity contribution in [2.45, 2.75) is 64.3 Å². The number of nitrogens with zero attached hydrogens (tertiary/aromatic N) is 3. The van der Waals surface area contributed by atoms with Gasteiger partial charge in [-0.2, -0.15) is 0 Å². The first-order valence-corrected chi connectivity index (χ1v) is 10.6. The summed E-state index contributed by atoms with van der Waals surface area (Å²) in [4.78, 5) is 21.6. The molecule has 0 bridgehead atoms. The van der Waals surface area contributed by atoms with Gasteiger partial charge in [-0.25, -0.2) is 0 Å². The second kappa shape index (κ2) is 9.07. The summed E-state index contributed by atoms with van der Waals surface area (Å²) in [7, 11) is 2.25. The summed E-state index contributed by atoms with van der Waals surface area (Å²) in [6.07, 6.45) is 9.81. The molecule has 1 spiro atoms. The van der Waals surface area contributed by atoms with Crippen LogP contribution in [0, 0.1) is 5.41 Å². The van der Waals surface area contributed by atoms with Gasteiger partial charge in [0.25, 0.3) is 0 Å². The van der Waals surface area contributed by atoms with Crippen LogP contribution < -0.4 is 10.6 Å². The van der Waals surface area contributed by atoms with E-state index in [2.05, 4.69) is 34.4 Å². The molecule has 26 heavy (non-hydrogen) atoms. The molecule has 0 aromatic carbocycles. The minimum atomic E-state index is 0.115. The zero-order valence-corrected chi connectivity index (χ0v) is 16.7. The van der Waals surface area contributed by atoms with E-state index in [4.69, 9.17) is 4.99 Å². The van der Waals surface area contributed by atoms with Crippen molar-refractivity contribution >= 4 is 11.9 Å². The fraction of sp³-hybridized carbons (Fsp3) is 0.900. The van der Waals surface area contributed by atoms with Crippen molar-refractivity contribution in [2.24, 2.45) is 10.4 Å². The Morgan fingerprint density at radius 2 is 2.15 bits per heavy atom. The maximum atomic E-state index is 11.7. The van der Waals surface area contributed by atoms with E-state index < -0.39 is 0 Å². The number of hydrogen-bond donors (Lipinski definition) is 2. The molecule has 2 heterocycles. The summed E-state index contributed by atoms with van der Waals surface area (Å²) in [5.41, 5.74) is 0.115. The first-order valence-electron chi connectivity index (χ1n) is 10.6. The van der Waals surface area contributed by atoms with Gasteiger partial charge in [0.2, 0.25) is 5.91 Å². The van der Waals surface area contributed by atoms with Gasteiger partial charge in [-0.1, -0.05) is 19.3 Å². The third-order valence-electron chi connectivity index (χ3n) is 6.40. The van der Waals surface area contributed by atoms with Crippen molar-refractivity contribution in [3.8, 4) is 0 Å². The summed E-state index contributed by atoms with van der Waals surface area (Å²) >= 11 is 0. The third-order valence-corrected chi connectivity index (χ3v) is 6.40. The zero-order chi connectivity index (χ0) is 18.4. The Morgan fingerprint density at radius 1 is 1.35 bits per heavy atom. The number of rotatable bonds is 5. The molecule has 2 saturated heterocycles. The van der Waals surface area contributed by atoms with Crippen LogP contribution in [-0.4, -0.2) is 74.0 Å². The zero-order valence-electron chi connectivity index (χ0n) is 16.7. The van der Waals surface area contributed by atoms with Gasteiger partial charge in [0.15, 0.2) is 5.96 Å². The van der Waals surface area contributed by atoms with Crippen molar-refractivity contribution in [1.82, 2.24) is 20.4 Å². The Hall–Kier alpha value is -1.30. The van der Waals surface area contributed by atoms with Gasteiger partial charge in [0.05, 0.1) is 6.54 Å².